The number of carbonyl (C=O) groups is 2. The monoisotopic (exact) mass is 242 g/mol. The molecule has 1 aliphatic carbocycles. The first kappa shape index (κ1) is 14.0. The van der Waals surface area contributed by atoms with Gasteiger partial charge in [0.2, 0.25) is 5.91 Å². The van der Waals surface area contributed by atoms with E-state index in [2.05, 4.69) is 0 Å². The number of aliphatic carboxylic acids is 1. The van der Waals surface area contributed by atoms with E-state index in [0.717, 1.165) is 25.7 Å². The van der Waals surface area contributed by atoms with Gasteiger partial charge in [-0.1, -0.05) is 26.7 Å². The third-order valence-corrected chi connectivity index (χ3v) is 3.37. The van der Waals surface area contributed by atoms with Crippen molar-refractivity contribution in [1.82, 2.24) is 4.90 Å². The van der Waals surface area contributed by atoms with Crippen molar-refractivity contribution in [2.45, 2.75) is 51.6 Å². The molecular formula is C12H22N2O3. The molecule has 0 aromatic carbocycles. The smallest absolute Gasteiger partial charge is 0.321 e. The summed E-state index contributed by atoms with van der Waals surface area (Å²) < 4.78 is 0. The van der Waals surface area contributed by atoms with E-state index in [0.29, 0.717) is 0 Å². The number of carboxylic acid groups (broad SMARTS) is 1. The van der Waals surface area contributed by atoms with E-state index >= 15 is 0 Å². The van der Waals surface area contributed by atoms with Crippen molar-refractivity contribution in [3.8, 4) is 0 Å². The highest BCUT2D eigenvalue weighted by Gasteiger charge is 2.35. The lowest BCUT2D eigenvalue weighted by Crippen LogP contribution is -2.52. The van der Waals surface area contributed by atoms with Crippen LogP contribution in [0.5, 0.6) is 0 Å². The normalized spacial score (nSPS) is 18.8. The van der Waals surface area contributed by atoms with Crippen LogP contribution in [0.2, 0.25) is 0 Å². The average molecular weight is 242 g/mol. The topological polar surface area (TPSA) is 83.6 Å². The highest BCUT2D eigenvalue weighted by molar-refractivity contribution is 5.78. The van der Waals surface area contributed by atoms with Crippen molar-refractivity contribution in [1.29, 1.82) is 0 Å². The Morgan fingerprint density at radius 3 is 2.24 bits per heavy atom. The molecule has 1 aliphatic rings. The number of carbonyl (C=O) groups excluding carboxylic acids is 1. The second kappa shape index (κ2) is 6.00. The molecule has 0 heterocycles. The van der Waals surface area contributed by atoms with Crippen molar-refractivity contribution in [3.05, 3.63) is 0 Å². The highest BCUT2D eigenvalue weighted by Crippen LogP contribution is 2.27. The SMILES string of the molecule is CC(C)C(C(=O)O)N(CC(N)=O)C1CCCC1. The van der Waals surface area contributed by atoms with E-state index in [4.69, 9.17) is 5.73 Å². The predicted octanol–water partition coefficient (Wildman–Crippen LogP) is 0.825. The second-order valence-corrected chi connectivity index (χ2v) is 5.10. The second-order valence-electron chi connectivity index (χ2n) is 5.10. The van der Waals surface area contributed by atoms with E-state index in [1.807, 2.05) is 13.8 Å². The standard InChI is InChI=1S/C12H22N2O3/c1-8(2)11(12(16)17)14(7-10(13)15)9-5-3-4-6-9/h8-9,11H,3-7H2,1-2H3,(H2,13,15)(H,16,17). The first-order valence-electron chi connectivity index (χ1n) is 6.20. The third-order valence-electron chi connectivity index (χ3n) is 3.37. The Labute approximate surface area is 102 Å². The van der Waals surface area contributed by atoms with E-state index in [1.165, 1.54) is 0 Å². The van der Waals surface area contributed by atoms with Gasteiger partial charge in [-0.2, -0.15) is 0 Å². The number of carboxylic acids is 1. The molecular weight excluding hydrogens is 220 g/mol. The summed E-state index contributed by atoms with van der Waals surface area (Å²) in [5, 5.41) is 9.29. The van der Waals surface area contributed by atoms with Gasteiger partial charge in [-0.15, -0.1) is 0 Å². The van der Waals surface area contributed by atoms with Crippen LogP contribution < -0.4 is 5.73 Å². The van der Waals surface area contributed by atoms with Gasteiger partial charge in [0.1, 0.15) is 6.04 Å². The van der Waals surface area contributed by atoms with Crippen LogP contribution in [0, 0.1) is 5.92 Å². The molecule has 1 fully saturated rings. The maximum Gasteiger partial charge on any atom is 0.321 e. The summed E-state index contributed by atoms with van der Waals surface area (Å²) in [6, 6.07) is -0.434. The van der Waals surface area contributed by atoms with E-state index in [9.17, 15) is 14.7 Å². The van der Waals surface area contributed by atoms with E-state index < -0.39 is 17.9 Å². The van der Waals surface area contributed by atoms with Gasteiger partial charge in [-0.3, -0.25) is 14.5 Å². The predicted molar refractivity (Wildman–Crippen MR) is 64.4 cm³/mol. The van der Waals surface area contributed by atoms with E-state index in [-0.39, 0.29) is 18.5 Å². The Morgan fingerprint density at radius 1 is 1.35 bits per heavy atom. The van der Waals surface area contributed by atoms with Crippen LogP contribution in [-0.2, 0) is 9.59 Å². The molecule has 3 N–H and O–H groups in total. The summed E-state index contributed by atoms with van der Waals surface area (Å²) in [6.45, 7) is 3.77. The van der Waals surface area contributed by atoms with Crippen LogP contribution in [0.15, 0.2) is 0 Å². The van der Waals surface area contributed by atoms with Crippen molar-refractivity contribution < 1.29 is 14.7 Å². The zero-order valence-corrected chi connectivity index (χ0v) is 10.6. The van der Waals surface area contributed by atoms with Crippen LogP contribution in [0.25, 0.3) is 0 Å². The Kier molecular flexibility index (Phi) is 4.93. The zero-order chi connectivity index (χ0) is 13.0. The van der Waals surface area contributed by atoms with Gasteiger partial charge in [0, 0.05) is 6.04 Å². The Bertz CT molecular complexity index is 285. The summed E-state index contributed by atoms with van der Waals surface area (Å²) in [7, 11) is 0. The molecule has 0 spiro atoms. The summed E-state index contributed by atoms with van der Waals surface area (Å²) in [4.78, 5) is 24.2. The lowest BCUT2D eigenvalue weighted by atomic mass is 10.00. The molecule has 0 aromatic heterocycles. The molecule has 0 saturated heterocycles. The fourth-order valence-corrected chi connectivity index (χ4v) is 2.68. The molecule has 17 heavy (non-hydrogen) atoms. The van der Waals surface area contributed by atoms with Crippen molar-refractivity contribution in [2.75, 3.05) is 6.54 Å². The molecule has 1 unspecified atom stereocenters. The fourth-order valence-electron chi connectivity index (χ4n) is 2.68. The molecule has 0 aromatic rings. The first-order chi connectivity index (χ1) is 7.93. The van der Waals surface area contributed by atoms with E-state index in [1.54, 1.807) is 4.90 Å². The molecule has 0 aliphatic heterocycles. The third kappa shape index (κ3) is 3.70. The minimum absolute atomic E-state index is 0.0348. The fraction of sp³-hybridized carbons (Fsp3) is 0.833. The maximum absolute atomic E-state index is 11.3. The van der Waals surface area contributed by atoms with Gasteiger partial charge in [0.25, 0.3) is 0 Å². The zero-order valence-electron chi connectivity index (χ0n) is 10.6. The molecule has 0 radical (unpaired) electrons. The minimum Gasteiger partial charge on any atom is -0.480 e. The van der Waals surface area contributed by atoms with Crippen LogP contribution in [-0.4, -0.2) is 40.5 Å². The molecule has 1 rings (SSSR count). The van der Waals surface area contributed by atoms with Crippen LogP contribution >= 0.6 is 0 Å². The molecule has 1 amide bonds. The van der Waals surface area contributed by atoms with Crippen LogP contribution in [0.1, 0.15) is 39.5 Å². The summed E-state index contributed by atoms with van der Waals surface area (Å²) >= 11 is 0. The number of nitrogens with two attached hydrogens (primary N) is 1. The summed E-state index contributed by atoms with van der Waals surface area (Å²) in [6.07, 6.45) is 4.13. The number of amides is 1. The molecule has 1 saturated carbocycles. The maximum atomic E-state index is 11.3. The molecule has 5 heteroatoms. The molecule has 5 nitrogen and oxygen atoms in total. The molecule has 98 valence electrons. The van der Waals surface area contributed by atoms with Gasteiger partial charge >= 0.3 is 5.97 Å². The van der Waals surface area contributed by atoms with Crippen LogP contribution in [0.3, 0.4) is 0 Å². The molecule has 0 bridgehead atoms. The summed E-state index contributed by atoms with van der Waals surface area (Å²) in [5.41, 5.74) is 5.23. The Balaban J connectivity index is 2.85. The van der Waals surface area contributed by atoms with Crippen molar-refractivity contribution >= 4 is 11.9 Å². The highest BCUT2D eigenvalue weighted by atomic mass is 16.4. The average Bonchev–Trinajstić information content (AvgIpc) is 2.66. The van der Waals surface area contributed by atoms with Crippen LogP contribution in [0.4, 0.5) is 0 Å². The molecule has 1 atom stereocenters. The number of nitrogens with zero attached hydrogens (tertiary/aromatic N) is 1. The Hall–Kier alpha value is -1.10. The lowest BCUT2D eigenvalue weighted by Gasteiger charge is -2.35. The van der Waals surface area contributed by atoms with Gasteiger partial charge < -0.3 is 10.8 Å². The van der Waals surface area contributed by atoms with Crippen molar-refractivity contribution in [3.63, 3.8) is 0 Å². The first-order valence-corrected chi connectivity index (χ1v) is 6.20. The number of primary amides is 1. The minimum atomic E-state index is -0.867. The Morgan fingerprint density at radius 2 is 1.88 bits per heavy atom. The van der Waals surface area contributed by atoms with Gasteiger partial charge in [-0.05, 0) is 18.8 Å². The largest absolute Gasteiger partial charge is 0.480 e. The van der Waals surface area contributed by atoms with Gasteiger partial charge in [0.15, 0.2) is 0 Å². The van der Waals surface area contributed by atoms with Gasteiger partial charge in [-0.25, -0.2) is 0 Å². The number of hydrogen-bond acceptors (Lipinski definition) is 3. The lowest BCUT2D eigenvalue weighted by molar-refractivity contribution is -0.146. The number of hydrogen-bond donors (Lipinski definition) is 2. The summed E-state index contributed by atoms with van der Waals surface area (Å²) in [5.74, 6) is -1.36. The van der Waals surface area contributed by atoms with Crippen molar-refractivity contribution in [2.24, 2.45) is 11.7 Å². The quantitative estimate of drug-likeness (QED) is 0.722. The number of rotatable bonds is 6. The van der Waals surface area contributed by atoms with Gasteiger partial charge in [0.05, 0.1) is 6.54 Å².